The van der Waals surface area contributed by atoms with Crippen molar-refractivity contribution in [2.24, 2.45) is 0 Å². The summed E-state index contributed by atoms with van der Waals surface area (Å²) in [6, 6.07) is 1.49. The third kappa shape index (κ3) is 1.47. The van der Waals surface area contributed by atoms with Gasteiger partial charge in [0.15, 0.2) is 11.5 Å². The fourth-order valence-electron chi connectivity index (χ4n) is 1.22. The second-order valence-corrected chi connectivity index (χ2v) is 2.94. The van der Waals surface area contributed by atoms with Crippen molar-refractivity contribution >= 4 is 17.3 Å². The van der Waals surface area contributed by atoms with Gasteiger partial charge in [-0.25, -0.2) is 9.78 Å². The van der Waals surface area contributed by atoms with Crippen molar-refractivity contribution in [1.29, 1.82) is 0 Å². The van der Waals surface area contributed by atoms with E-state index in [-0.39, 0.29) is 11.5 Å². The van der Waals surface area contributed by atoms with Crippen LogP contribution in [0.1, 0.15) is 16.3 Å². The normalized spacial score (nSPS) is 10.5. The molecule has 15 heavy (non-hydrogen) atoms. The second-order valence-electron chi connectivity index (χ2n) is 2.94. The number of methoxy groups -OCH3 is 1. The molecule has 0 aromatic carbocycles. The van der Waals surface area contributed by atoms with Gasteiger partial charge in [-0.15, -0.1) is 14.8 Å². The predicted molar refractivity (Wildman–Crippen MR) is 51.3 cm³/mol. The molecule has 0 bridgehead atoms. The zero-order valence-corrected chi connectivity index (χ0v) is 8.26. The number of hydrogen-bond acceptors (Lipinski definition) is 6. The maximum absolute atomic E-state index is 11.2. The van der Waals surface area contributed by atoms with Crippen LogP contribution < -0.4 is 5.73 Å². The van der Waals surface area contributed by atoms with Crippen LogP contribution in [-0.4, -0.2) is 32.9 Å². The Hall–Kier alpha value is -2.18. The lowest BCUT2D eigenvalue weighted by Gasteiger charge is -1.96. The smallest absolute Gasteiger partial charge is 0.358 e. The highest BCUT2D eigenvalue weighted by Gasteiger charge is 2.13. The van der Waals surface area contributed by atoms with E-state index in [0.717, 1.165) is 0 Å². The molecule has 2 rings (SSSR count). The van der Waals surface area contributed by atoms with E-state index in [1.165, 1.54) is 17.8 Å². The molecule has 2 heterocycles. The van der Waals surface area contributed by atoms with Crippen LogP contribution in [0.2, 0.25) is 0 Å². The quantitative estimate of drug-likeness (QED) is 0.650. The molecule has 0 aliphatic heterocycles. The second kappa shape index (κ2) is 3.19. The van der Waals surface area contributed by atoms with Gasteiger partial charge in [0, 0.05) is 6.07 Å². The van der Waals surface area contributed by atoms with E-state index in [2.05, 4.69) is 19.9 Å². The molecule has 2 aromatic heterocycles. The van der Waals surface area contributed by atoms with Gasteiger partial charge in [-0.2, -0.15) is 0 Å². The minimum absolute atomic E-state index is 0.157. The summed E-state index contributed by atoms with van der Waals surface area (Å²) in [5, 5.41) is 7.90. The van der Waals surface area contributed by atoms with Crippen molar-refractivity contribution in [2.75, 3.05) is 12.8 Å². The zero-order chi connectivity index (χ0) is 11.0. The van der Waals surface area contributed by atoms with Crippen molar-refractivity contribution in [3.8, 4) is 0 Å². The average molecular weight is 207 g/mol. The number of nitrogen functional groups attached to an aromatic ring is 1. The Balaban J connectivity index is 2.65. The molecule has 2 aromatic rings. The topological polar surface area (TPSA) is 95.4 Å². The summed E-state index contributed by atoms with van der Waals surface area (Å²) < 4.78 is 5.80. The molecule has 0 spiro atoms. The molecule has 0 aliphatic rings. The Morgan fingerprint density at radius 2 is 2.27 bits per heavy atom. The van der Waals surface area contributed by atoms with Crippen LogP contribution >= 0.6 is 0 Å². The lowest BCUT2D eigenvalue weighted by atomic mass is 10.4. The van der Waals surface area contributed by atoms with Gasteiger partial charge in [0.1, 0.15) is 11.3 Å². The first kappa shape index (κ1) is 9.38. The number of fused-ring (bicyclic) bond motifs is 1. The van der Waals surface area contributed by atoms with Gasteiger partial charge in [-0.3, -0.25) is 0 Å². The predicted octanol–water partition coefficient (Wildman–Crippen LogP) is -0.198. The Bertz CT molecular complexity index is 533. The highest BCUT2D eigenvalue weighted by atomic mass is 16.5. The van der Waals surface area contributed by atoms with Crippen molar-refractivity contribution in [1.82, 2.24) is 19.8 Å². The summed E-state index contributed by atoms with van der Waals surface area (Å²) >= 11 is 0. The maximum atomic E-state index is 11.2. The van der Waals surface area contributed by atoms with Gasteiger partial charge in [-0.1, -0.05) is 0 Å². The van der Waals surface area contributed by atoms with E-state index in [4.69, 9.17) is 5.73 Å². The number of rotatable bonds is 1. The van der Waals surface area contributed by atoms with Gasteiger partial charge in [0.05, 0.1) is 7.11 Å². The number of carbonyl (C=O) groups is 1. The van der Waals surface area contributed by atoms with E-state index >= 15 is 0 Å². The summed E-state index contributed by atoms with van der Waals surface area (Å²) in [5.74, 6) is 0.238. The zero-order valence-electron chi connectivity index (χ0n) is 8.26. The van der Waals surface area contributed by atoms with Gasteiger partial charge >= 0.3 is 5.97 Å². The molecule has 0 unspecified atom stereocenters. The van der Waals surface area contributed by atoms with Gasteiger partial charge < -0.3 is 10.5 Å². The highest BCUT2D eigenvalue weighted by Crippen LogP contribution is 2.11. The van der Waals surface area contributed by atoms with E-state index < -0.39 is 5.97 Å². The van der Waals surface area contributed by atoms with Crippen molar-refractivity contribution in [3.63, 3.8) is 0 Å². The number of ether oxygens (including phenoxy) is 1. The third-order valence-electron chi connectivity index (χ3n) is 1.87. The number of nitrogens with two attached hydrogens (primary N) is 1. The highest BCUT2D eigenvalue weighted by molar-refractivity contribution is 5.89. The van der Waals surface area contributed by atoms with Crippen molar-refractivity contribution in [3.05, 3.63) is 17.6 Å². The molecule has 0 saturated heterocycles. The summed E-state index contributed by atoms with van der Waals surface area (Å²) in [5.41, 5.74) is 6.29. The van der Waals surface area contributed by atoms with E-state index in [1.54, 1.807) is 6.92 Å². The Morgan fingerprint density at radius 3 is 2.93 bits per heavy atom. The van der Waals surface area contributed by atoms with Crippen LogP contribution in [0.3, 0.4) is 0 Å². The first-order chi connectivity index (χ1) is 7.11. The lowest BCUT2D eigenvalue weighted by molar-refractivity contribution is 0.0593. The fraction of sp³-hybridized carbons (Fsp3) is 0.250. The van der Waals surface area contributed by atoms with E-state index in [1.807, 2.05) is 0 Å². The summed E-state index contributed by atoms with van der Waals surface area (Å²) in [6.07, 6.45) is 0. The molecule has 0 aliphatic carbocycles. The average Bonchev–Trinajstić information content (AvgIpc) is 2.60. The molecule has 7 nitrogen and oxygen atoms in total. The van der Waals surface area contributed by atoms with Crippen LogP contribution in [0.5, 0.6) is 0 Å². The number of anilines is 1. The largest absolute Gasteiger partial charge is 0.464 e. The molecule has 0 atom stereocenters. The molecule has 0 amide bonds. The first-order valence-electron chi connectivity index (χ1n) is 4.20. The Labute approximate surface area is 84.9 Å². The van der Waals surface area contributed by atoms with Gasteiger partial charge in [-0.05, 0) is 6.92 Å². The molecule has 7 heteroatoms. The molecular formula is C8H9N5O2. The molecular weight excluding hydrogens is 198 g/mol. The Morgan fingerprint density at radius 1 is 1.53 bits per heavy atom. The molecule has 0 radical (unpaired) electrons. The lowest BCUT2D eigenvalue weighted by Crippen LogP contribution is -2.05. The minimum Gasteiger partial charge on any atom is -0.464 e. The SMILES string of the molecule is COC(=O)c1cc2c(N)nc(C)nn2n1. The molecule has 0 fully saturated rings. The van der Waals surface area contributed by atoms with Crippen LogP contribution in [-0.2, 0) is 4.74 Å². The summed E-state index contributed by atoms with van der Waals surface area (Å²) in [7, 11) is 1.28. The summed E-state index contributed by atoms with van der Waals surface area (Å²) in [6.45, 7) is 1.69. The van der Waals surface area contributed by atoms with Crippen LogP contribution in [0.4, 0.5) is 5.82 Å². The Kier molecular flexibility index (Phi) is 2.00. The maximum Gasteiger partial charge on any atom is 0.358 e. The number of aromatic nitrogens is 4. The fourth-order valence-corrected chi connectivity index (χ4v) is 1.22. The summed E-state index contributed by atoms with van der Waals surface area (Å²) in [4.78, 5) is 15.1. The van der Waals surface area contributed by atoms with Gasteiger partial charge in [0.2, 0.25) is 0 Å². The number of hydrogen-bond donors (Lipinski definition) is 1. The minimum atomic E-state index is -0.530. The van der Waals surface area contributed by atoms with E-state index in [0.29, 0.717) is 11.3 Å². The van der Waals surface area contributed by atoms with Crippen molar-refractivity contribution < 1.29 is 9.53 Å². The monoisotopic (exact) mass is 207 g/mol. The third-order valence-corrected chi connectivity index (χ3v) is 1.87. The standard InChI is InChI=1S/C8H9N5O2/c1-4-10-7(9)6-3-5(8(14)15-2)12-13(6)11-4/h3H,1-2H3,(H2,9,10,11). The number of nitrogens with zero attached hydrogens (tertiary/aromatic N) is 4. The van der Waals surface area contributed by atoms with Crippen molar-refractivity contribution in [2.45, 2.75) is 6.92 Å². The molecule has 78 valence electrons. The van der Waals surface area contributed by atoms with Crippen LogP contribution in [0.25, 0.3) is 5.52 Å². The van der Waals surface area contributed by atoms with Crippen LogP contribution in [0.15, 0.2) is 6.07 Å². The van der Waals surface area contributed by atoms with Gasteiger partial charge in [0.25, 0.3) is 0 Å². The number of carbonyl (C=O) groups excluding carboxylic acids is 1. The molecule has 2 N–H and O–H groups in total. The van der Waals surface area contributed by atoms with E-state index in [9.17, 15) is 4.79 Å². The number of esters is 1. The van der Waals surface area contributed by atoms with Crippen LogP contribution in [0, 0.1) is 6.92 Å². The molecule has 0 saturated carbocycles. The first-order valence-corrected chi connectivity index (χ1v) is 4.20. The number of aryl methyl sites for hydroxylation is 1.